The maximum Gasteiger partial charge on any atom is 0.189 e. The van der Waals surface area contributed by atoms with E-state index in [1.807, 2.05) is 0 Å². The lowest BCUT2D eigenvalue weighted by Gasteiger charge is -2.11. The van der Waals surface area contributed by atoms with Crippen LogP contribution in [0.15, 0.2) is 0 Å². The van der Waals surface area contributed by atoms with E-state index >= 15 is 0 Å². The second-order valence-corrected chi connectivity index (χ2v) is 8.03. The second kappa shape index (κ2) is 15.9. The quantitative estimate of drug-likeness (QED) is 0.457. The van der Waals surface area contributed by atoms with Crippen molar-refractivity contribution in [3.05, 3.63) is 0 Å². The molecule has 0 aromatic rings. The molecule has 1 N–H and O–H groups in total. The maximum atomic E-state index is 11.8. The summed E-state index contributed by atoms with van der Waals surface area (Å²) in [6, 6.07) is 0. The van der Waals surface area contributed by atoms with E-state index in [1.54, 1.807) is 0 Å². The van der Waals surface area contributed by atoms with E-state index in [0.29, 0.717) is 18.6 Å². The van der Waals surface area contributed by atoms with Gasteiger partial charge in [0.15, 0.2) is 10.2 Å². The molecule has 0 aromatic carbocycles. The third-order valence-corrected chi connectivity index (χ3v) is 5.82. The number of carbonyl (C=O) groups is 2. The predicted octanol–water partition coefficient (Wildman–Crippen LogP) is 4.81. The van der Waals surface area contributed by atoms with Gasteiger partial charge < -0.3 is 5.11 Å². The summed E-state index contributed by atoms with van der Waals surface area (Å²) in [4.78, 5) is 23.6. The molecule has 0 saturated carbocycles. The van der Waals surface area contributed by atoms with Gasteiger partial charge >= 0.3 is 0 Å². The Morgan fingerprint density at radius 1 is 0.864 bits per heavy atom. The number of hydrogen-bond acceptors (Lipinski definition) is 5. The monoisotopic (exact) mass is 348 g/mol. The lowest BCUT2D eigenvalue weighted by atomic mass is 10.2. The largest absolute Gasteiger partial charge is 0.395 e. The summed E-state index contributed by atoms with van der Waals surface area (Å²) in [5.41, 5.74) is 0. The van der Waals surface area contributed by atoms with E-state index < -0.39 is 0 Å². The van der Waals surface area contributed by atoms with Crippen LogP contribution in [0.5, 0.6) is 0 Å². The van der Waals surface area contributed by atoms with Crippen LogP contribution in [0.2, 0.25) is 0 Å². The molecular weight excluding hydrogens is 316 g/mol. The molecule has 22 heavy (non-hydrogen) atoms. The minimum Gasteiger partial charge on any atom is -0.395 e. The molecule has 0 spiro atoms. The van der Waals surface area contributed by atoms with E-state index in [2.05, 4.69) is 13.8 Å². The Labute approximate surface area is 144 Å². The fraction of sp³-hybridized carbons (Fsp3) is 0.882. The van der Waals surface area contributed by atoms with Gasteiger partial charge in [-0.15, -0.1) is 0 Å². The first-order valence-electron chi connectivity index (χ1n) is 8.59. The Kier molecular flexibility index (Phi) is 15.9. The van der Waals surface area contributed by atoms with Gasteiger partial charge in [-0.3, -0.25) is 9.59 Å². The highest BCUT2D eigenvalue weighted by molar-refractivity contribution is 8.17. The zero-order valence-corrected chi connectivity index (χ0v) is 15.8. The number of aliphatic hydroxyl groups excluding tert-OH is 1. The van der Waals surface area contributed by atoms with Gasteiger partial charge in [0.25, 0.3) is 0 Å². The molecule has 0 aliphatic carbocycles. The van der Waals surface area contributed by atoms with Crippen LogP contribution in [0.25, 0.3) is 0 Å². The average Bonchev–Trinajstić information content (AvgIpc) is 2.52. The highest BCUT2D eigenvalue weighted by atomic mass is 32.2. The molecule has 5 heteroatoms. The molecule has 0 bridgehead atoms. The third kappa shape index (κ3) is 13.6. The normalized spacial score (nSPS) is 12.3. The van der Waals surface area contributed by atoms with Gasteiger partial charge in [0.05, 0.1) is 6.61 Å². The maximum absolute atomic E-state index is 11.8. The van der Waals surface area contributed by atoms with Gasteiger partial charge in [-0.05, 0) is 12.8 Å². The van der Waals surface area contributed by atoms with Crippen LogP contribution >= 0.6 is 23.5 Å². The standard InChI is InChI=1S/C17H32O3S2/c1-3-5-7-9-11-16(19)21-14-15(13-18)22-17(20)12-10-8-6-4-2/h15,18H,3-14H2,1-2H3/t15-/m0/s1. The number of carbonyl (C=O) groups excluding carboxylic acids is 2. The lowest BCUT2D eigenvalue weighted by molar-refractivity contribution is -0.112. The molecule has 0 heterocycles. The van der Waals surface area contributed by atoms with Crippen molar-refractivity contribution in [1.29, 1.82) is 0 Å². The molecular formula is C17H32O3S2. The summed E-state index contributed by atoms with van der Waals surface area (Å²) in [5, 5.41) is 9.53. The number of aliphatic hydroxyl groups is 1. The van der Waals surface area contributed by atoms with E-state index in [-0.39, 0.29) is 22.1 Å². The van der Waals surface area contributed by atoms with Crippen LogP contribution < -0.4 is 0 Å². The van der Waals surface area contributed by atoms with Crippen molar-refractivity contribution in [2.75, 3.05) is 12.4 Å². The molecule has 0 amide bonds. The predicted molar refractivity (Wildman–Crippen MR) is 98.5 cm³/mol. The van der Waals surface area contributed by atoms with Crippen LogP contribution in [0.1, 0.15) is 78.1 Å². The van der Waals surface area contributed by atoms with Crippen molar-refractivity contribution >= 4 is 33.8 Å². The zero-order chi connectivity index (χ0) is 16.6. The minimum atomic E-state index is -0.150. The lowest BCUT2D eigenvalue weighted by Crippen LogP contribution is -2.16. The highest BCUT2D eigenvalue weighted by Crippen LogP contribution is 2.21. The SMILES string of the molecule is CCCCCCC(=O)SC[C@H](CO)SC(=O)CCCCCC. The van der Waals surface area contributed by atoms with Crippen molar-refractivity contribution < 1.29 is 14.7 Å². The summed E-state index contributed by atoms with van der Waals surface area (Å²) in [6.45, 7) is 4.26. The number of rotatable bonds is 14. The molecule has 3 nitrogen and oxygen atoms in total. The summed E-state index contributed by atoms with van der Waals surface area (Å²) >= 11 is 2.48. The van der Waals surface area contributed by atoms with Gasteiger partial charge in [-0.2, -0.15) is 0 Å². The average molecular weight is 349 g/mol. The number of hydrogen-bond donors (Lipinski definition) is 1. The Balaban J connectivity index is 3.76. The molecule has 0 radical (unpaired) electrons. The van der Waals surface area contributed by atoms with Crippen LogP contribution in [-0.4, -0.2) is 32.9 Å². The molecule has 1 atom stereocenters. The molecule has 0 rings (SSSR count). The summed E-state index contributed by atoms with van der Waals surface area (Å²) < 4.78 is 0. The van der Waals surface area contributed by atoms with Crippen LogP contribution in [-0.2, 0) is 9.59 Å². The topological polar surface area (TPSA) is 54.4 Å². The van der Waals surface area contributed by atoms with Gasteiger partial charge in [0.1, 0.15) is 0 Å². The molecule has 0 aromatic heterocycles. The Morgan fingerprint density at radius 2 is 1.41 bits per heavy atom. The van der Waals surface area contributed by atoms with Crippen molar-refractivity contribution in [3.63, 3.8) is 0 Å². The van der Waals surface area contributed by atoms with Gasteiger partial charge in [-0.1, -0.05) is 75.9 Å². The highest BCUT2D eigenvalue weighted by Gasteiger charge is 2.15. The van der Waals surface area contributed by atoms with Gasteiger partial charge in [0.2, 0.25) is 0 Å². The number of unbranched alkanes of at least 4 members (excludes halogenated alkanes) is 6. The van der Waals surface area contributed by atoms with Crippen molar-refractivity contribution in [3.8, 4) is 0 Å². The fourth-order valence-corrected chi connectivity index (χ4v) is 3.97. The number of thioether (sulfide) groups is 2. The van der Waals surface area contributed by atoms with Crippen LogP contribution in [0.3, 0.4) is 0 Å². The molecule has 0 unspecified atom stereocenters. The van der Waals surface area contributed by atoms with E-state index in [0.717, 1.165) is 32.1 Å². The van der Waals surface area contributed by atoms with E-state index in [4.69, 9.17) is 0 Å². The molecule has 0 fully saturated rings. The Hall–Kier alpha value is -0.0000000000000000555. The van der Waals surface area contributed by atoms with Crippen LogP contribution in [0, 0.1) is 0 Å². The summed E-state index contributed by atoms with van der Waals surface area (Å²) in [7, 11) is 0. The zero-order valence-electron chi connectivity index (χ0n) is 14.1. The smallest absolute Gasteiger partial charge is 0.189 e. The van der Waals surface area contributed by atoms with Gasteiger partial charge in [-0.25, -0.2) is 0 Å². The first-order chi connectivity index (χ1) is 10.6. The third-order valence-electron chi connectivity index (χ3n) is 3.40. The second-order valence-electron chi connectivity index (χ2n) is 5.60. The van der Waals surface area contributed by atoms with E-state index in [9.17, 15) is 14.7 Å². The summed E-state index contributed by atoms with van der Waals surface area (Å²) in [6.07, 6.45) is 9.96. The molecule has 0 saturated heterocycles. The Bertz CT molecular complexity index is 296. The van der Waals surface area contributed by atoms with Crippen molar-refractivity contribution in [1.82, 2.24) is 0 Å². The van der Waals surface area contributed by atoms with Crippen molar-refractivity contribution in [2.45, 2.75) is 83.3 Å². The summed E-state index contributed by atoms with van der Waals surface area (Å²) in [5.74, 6) is 0.536. The first-order valence-corrected chi connectivity index (χ1v) is 10.5. The molecule has 0 aliphatic rings. The van der Waals surface area contributed by atoms with Crippen molar-refractivity contribution in [2.24, 2.45) is 0 Å². The Morgan fingerprint density at radius 3 is 1.91 bits per heavy atom. The molecule has 130 valence electrons. The van der Waals surface area contributed by atoms with Crippen LogP contribution in [0.4, 0.5) is 0 Å². The van der Waals surface area contributed by atoms with E-state index in [1.165, 1.54) is 42.8 Å². The van der Waals surface area contributed by atoms with Gasteiger partial charge in [0, 0.05) is 23.8 Å². The minimum absolute atomic E-state index is 0.0402. The molecule has 0 aliphatic heterocycles. The first kappa shape index (κ1) is 22.0. The fourth-order valence-electron chi connectivity index (χ4n) is 2.02.